The van der Waals surface area contributed by atoms with Gasteiger partial charge in [0.2, 0.25) is 0 Å². The highest BCUT2D eigenvalue weighted by Gasteiger charge is 2.38. The van der Waals surface area contributed by atoms with Gasteiger partial charge in [0.1, 0.15) is 28.4 Å². The Kier molecular flexibility index (Phi) is 8.88. The average Bonchev–Trinajstić information content (AvgIpc) is 3.76. The molecule has 1 aliphatic carbocycles. The maximum absolute atomic E-state index is 13.3. The van der Waals surface area contributed by atoms with Crippen LogP contribution in [0.4, 0.5) is 14.5 Å². The van der Waals surface area contributed by atoms with E-state index in [0.29, 0.717) is 22.0 Å². The highest BCUT2D eigenvalue weighted by atomic mass is 35.5. The summed E-state index contributed by atoms with van der Waals surface area (Å²) in [6, 6.07) is 8.50. The molecule has 1 atom stereocenters. The average molecular weight is 637 g/mol. The number of hydrogen-bond donors (Lipinski definition) is 0. The van der Waals surface area contributed by atoms with Crippen LogP contribution in [0, 0.1) is 11.1 Å². The first-order valence-corrected chi connectivity index (χ1v) is 13.8. The van der Waals surface area contributed by atoms with Gasteiger partial charge in [0.25, 0.3) is 11.7 Å². The number of Topliss-reactive ketones (excluding diaryl/α,β-unsaturated/α-hetero) is 1. The van der Waals surface area contributed by atoms with E-state index in [2.05, 4.69) is 4.74 Å². The number of rotatable bonds is 12. The molecule has 10 nitrogen and oxygen atoms in total. The lowest BCUT2D eigenvalue weighted by Gasteiger charge is -2.23. The monoisotopic (exact) mass is 636 g/mol. The summed E-state index contributed by atoms with van der Waals surface area (Å²) in [5.74, 6) is -2.17. The molecule has 2 aliphatic rings. The van der Waals surface area contributed by atoms with Crippen LogP contribution in [0.5, 0.6) is 17.2 Å². The Morgan fingerprint density at radius 1 is 1.09 bits per heavy atom. The van der Waals surface area contributed by atoms with Gasteiger partial charge < -0.3 is 24.2 Å². The molecule has 1 fully saturated rings. The Morgan fingerprint density at radius 2 is 1.81 bits per heavy atom. The molecular weight excluding hydrogens is 613 g/mol. The zero-order valence-electron chi connectivity index (χ0n) is 22.6. The third kappa shape index (κ3) is 6.91. The van der Waals surface area contributed by atoms with E-state index < -0.39 is 36.9 Å². The number of anilines is 1. The predicted octanol–water partition coefficient (Wildman–Crippen LogP) is 5.08. The van der Waals surface area contributed by atoms with Gasteiger partial charge in [0.15, 0.2) is 23.9 Å². The van der Waals surface area contributed by atoms with Gasteiger partial charge in [-0.2, -0.15) is 13.5 Å². The molecule has 5 rings (SSSR count). The minimum absolute atomic E-state index is 0.00500. The number of alkyl halides is 2. The highest BCUT2D eigenvalue weighted by molar-refractivity contribution is 6.52. The number of ether oxygens (including phenoxy) is 4. The van der Waals surface area contributed by atoms with Crippen LogP contribution >= 0.6 is 23.2 Å². The van der Waals surface area contributed by atoms with Crippen LogP contribution in [-0.4, -0.2) is 44.5 Å². The van der Waals surface area contributed by atoms with Gasteiger partial charge >= 0.3 is 12.6 Å². The second-order valence-corrected chi connectivity index (χ2v) is 10.7. The van der Waals surface area contributed by atoms with E-state index in [4.69, 9.17) is 37.4 Å². The van der Waals surface area contributed by atoms with E-state index in [-0.39, 0.29) is 51.4 Å². The lowest BCUT2D eigenvalue weighted by molar-refractivity contribution is -0.605. The van der Waals surface area contributed by atoms with E-state index in [1.807, 2.05) is 0 Å². The molecule has 1 aromatic heterocycles. The number of aromatic nitrogens is 1. The molecule has 2 aromatic carbocycles. The lowest BCUT2D eigenvalue weighted by atomic mass is 10.0. The molecule has 0 spiro atoms. The molecule has 1 aliphatic heterocycles. The molecule has 0 unspecified atom stereocenters. The summed E-state index contributed by atoms with van der Waals surface area (Å²) in [6.45, 7) is -3.44. The number of ketones is 1. The number of pyridine rings is 1. The van der Waals surface area contributed by atoms with E-state index in [9.17, 15) is 28.4 Å². The number of halogens is 4. The minimum Gasteiger partial charge on any atom is -0.619 e. The number of fused-ring (bicyclic) bond motifs is 1. The van der Waals surface area contributed by atoms with Crippen molar-refractivity contribution in [3.8, 4) is 17.2 Å². The van der Waals surface area contributed by atoms with E-state index in [1.165, 1.54) is 37.4 Å². The van der Waals surface area contributed by atoms with Crippen molar-refractivity contribution in [1.82, 2.24) is 0 Å². The molecular formula is C29H24Cl2F2N2O8. The van der Waals surface area contributed by atoms with Crippen molar-refractivity contribution in [1.29, 1.82) is 0 Å². The van der Waals surface area contributed by atoms with Crippen LogP contribution in [-0.2, 0) is 20.7 Å². The number of esters is 1. The smallest absolute Gasteiger partial charge is 0.387 e. The van der Waals surface area contributed by atoms with E-state index in [1.54, 1.807) is 6.07 Å². The van der Waals surface area contributed by atoms with Gasteiger partial charge in [0, 0.05) is 12.0 Å². The number of nitrogens with zero attached hydrogens (tertiary/aromatic N) is 2. The molecule has 2 heterocycles. The maximum Gasteiger partial charge on any atom is 0.387 e. The number of carbonyl (C=O) groups is 3. The Labute approximate surface area is 254 Å². The molecule has 0 radical (unpaired) electrons. The number of hydrogen-bond acceptors (Lipinski definition) is 8. The van der Waals surface area contributed by atoms with Gasteiger partial charge in [-0.15, -0.1) is 0 Å². The van der Waals surface area contributed by atoms with Crippen molar-refractivity contribution in [2.45, 2.75) is 32.0 Å². The third-order valence-corrected chi connectivity index (χ3v) is 7.57. The zero-order chi connectivity index (χ0) is 30.8. The van der Waals surface area contributed by atoms with E-state index >= 15 is 0 Å². The second-order valence-electron chi connectivity index (χ2n) is 9.92. The fourth-order valence-electron chi connectivity index (χ4n) is 4.55. The van der Waals surface area contributed by atoms with Crippen molar-refractivity contribution >= 4 is 46.5 Å². The second kappa shape index (κ2) is 12.6. The molecule has 0 N–H and O–H groups in total. The van der Waals surface area contributed by atoms with Gasteiger partial charge in [-0.05, 0) is 54.7 Å². The summed E-state index contributed by atoms with van der Waals surface area (Å²) in [5.41, 5.74) is 0.865. The quantitative estimate of drug-likeness (QED) is 0.117. The predicted molar refractivity (Wildman–Crippen MR) is 149 cm³/mol. The van der Waals surface area contributed by atoms with Gasteiger partial charge in [0.05, 0.1) is 25.0 Å². The Hall–Kier alpha value is -4.16. The van der Waals surface area contributed by atoms with Crippen molar-refractivity contribution in [2.75, 3.05) is 25.2 Å². The van der Waals surface area contributed by atoms with Crippen LogP contribution in [0.2, 0.25) is 10.0 Å². The number of amides is 1. The first kappa shape index (κ1) is 30.3. The Morgan fingerprint density at radius 3 is 2.47 bits per heavy atom. The summed E-state index contributed by atoms with van der Waals surface area (Å²) in [6.07, 6.45) is 2.77. The van der Waals surface area contributed by atoms with Crippen molar-refractivity contribution in [3.05, 3.63) is 80.7 Å². The molecule has 43 heavy (non-hydrogen) atoms. The van der Waals surface area contributed by atoms with E-state index in [0.717, 1.165) is 30.1 Å². The first-order valence-electron chi connectivity index (χ1n) is 13.1. The number of carbonyl (C=O) groups excluding carboxylic acids is 3. The highest BCUT2D eigenvalue weighted by Crippen LogP contribution is 2.38. The van der Waals surface area contributed by atoms with Crippen LogP contribution < -0.4 is 23.8 Å². The third-order valence-electron chi connectivity index (χ3n) is 6.91. The normalized spacial score (nSPS) is 15.0. The summed E-state index contributed by atoms with van der Waals surface area (Å²) < 4.78 is 47.9. The summed E-state index contributed by atoms with van der Waals surface area (Å²) in [7, 11) is 1.41. The summed E-state index contributed by atoms with van der Waals surface area (Å²) in [4.78, 5) is 39.6. The number of benzene rings is 2. The molecule has 0 bridgehead atoms. The zero-order valence-corrected chi connectivity index (χ0v) is 24.1. The molecule has 1 amide bonds. The Balaban J connectivity index is 1.45. The van der Waals surface area contributed by atoms with Gasteiger partial charge in [-0.25, -0.2) is 0 Å². The largest absolute Gasteiger partial charge is 0.619 e. The maximum atomic E-state index is 13.3. The van der Waals surface area contributed by atoms with Crippen molar-refractivity contribution in [2.24, 2.45) is 5.92 Å². The van der Waals surface area contributed by atoms with Crippen LogP contribution in [0.3, 0.4) is 0 Å². The molecule has 1 saturated carbocycles. The van der Waals surface area contributed by atoms with Crippen LogP contribution in [0.1, 0.15) is 40.4 Å². The summed E-state index contributed by atoms with van der Waals surface area (Å²) in [5, 5.41) is 11.8. The number of methoxy groups -OCH3 is 1. The Bertz CT molecular complexity index is 1560. The molecule has 14 heteroatoms. The topological polar surface area (TPSA) is 118 Å². The van der Waals surface area contributed by atoms with Crippen LogP contribution in [0.15, 0.2) is 48.8 Å². The van der Waals surface area contributed by atoms with Gasteiger partial charge in [-0.3, -0.25) is 19.3 Å². The van der Waals surface area contributed by atoms with Crippen LogP contribution in [0.25, 0.3) is 0 Å². The fraction of sp³-hybridized carbons (Fsp3) is 0.310. The lowest BCUT2D eigenvalue weighted by Crippen LogP contribution is -2.36. The first-order chi connectivity index (χ1) is 20.5. The summed E-state index contributed by atoms with van der Waals surface area (Å²) >= 11 is 12.6. The fourth-order valence-corrected chi connectivity index (χ4v) is 5.15. The molecule has 3 aromatic rings. The van der Waals surface area contributed by atoms with Gasteiger partial charge in [-0.1, -0.05) is 29.3 Å². The van der Waals surface area contributed by atoms with Crippen molar-refractivity contribution < 1.29 is 46.8 Å². The van der Waals surface area contributed by atoms with Crippen molar-refractivity contribution in [3.63, 3.8) is 0 Å². The molecule has 0 saturated heterocycles. The SMILES string of the molecule is COc1ccc2c(c1)C(=O)C(=O)N2CC(=O)O[C@@H](Cc1c(Cl)c[n+]([O-])cc1Cl)c1ccc(OC(F)F)c(OCC2CC2)c1. The standard InChI is InChI=1S/C29H24Cl2F2N2O8/c1-40-17-5-6-22-19(9-17)27(37)28(38)35(22)13-26(36)42-24(10-18-20(30)11-34(39)12-21(18)31)16-4-7-23(43-29(32)33)25(8-16)41-14-15-2-3-15/h4-9,11-12,15,24,29H,2-3,10,13-14H2,1H3/t24-/m0/s1. The minimum atomic E-state index is -3.10. The molecule has 226 valence electrons.